The molecule has 1 heterocycles. The zero-order valence-electron chi connectivity index (χ0n) is 13.5. The summed E-state index contributed by atoms with van der Waals surface area (Å²) in [5.41, 5.74) is 0.409. The summed E-state index contributed by atoms with van der Waals surface area (Å²) in [6.07, 6.45) is 2.88. The predicted molar refractivity (Wildman–Crippen MR) is 84.9 cm³/mol. The van der Waals surface area contributed by atoms with Crippen LogP contribution < -0.4 is 0 Å². The monoisotopic (exact) mass is 327 g/mol. The first-order valence-electron chi connectivity index (χ1n) is 7.69. The van der Waals surface area contributed by atoms with E-state index in [9.17, 15) is 9.59 Å². The van der Waals surface area contributed by atoms with E-state index in [1.807, 2.05) is 20.8 Å². The zero-order valence-corrected chi connectivity index (χ0v) is 14.5. The third-order valence-corrected chi connectivity index (χ3v) is 6.32. The molecule has 0 spiro atoms. The van der Waals surface area contributed by atoms with Crippen molar-refractivity contribution in [2.24, 2.45) is 0 Å². The molecule has 1 rings (SSSR count). The molecule has 7 heteroatoms. The highest BCUT2D eigenvalue weighted by Crippen LogP contribution is 2.19. The second-order valence-electron chi connectivity index (χ2n) is 4.65. The van der Waals surface area contributed by atoms with Gasteiger partial charge in [-0.25, -0.2) is 0 Å². The van der Waals surface area contributed by atoms with Crippen LogP contribution in [0.2, 0.25) is 6.04 Å². The van der Waals surface area contributed by atoms with Gasteiger partial charge in [-0.2, -0.15) is 0 Å². The molecule has 0 atom stereocenters. The van der Waals surface area contributed by atoms with Gasteiger partial charge in [-0.1, -0.05) is 0 Å². The fourth-order valence-electron chi connectivity index (χ4n) is 2.36. The van der Waals surface area contributed by atoms with Gasteiger partial charge in [0.2, 0.25) is 5.78 Å². The number of hydrogen-bond acceptors (Lipinski definition) is 5. The van der Waals surface area contributed by atoms with E-state index in [0.29, 0.717) is 44.4 Å². The molecule has 0 fully saturated rings. The van der Waals surface area contributed by atoms with Crippen molar-refractivity contribution in [2.45, 2.75) is 39.8 Å². The van der Waals surface area contributed by atoms with Crippen LogP contribution in [0, 0.1) is 0 Å². The van der Waals surface area contributed by atoms with Crippen molar-refractivity contribution in [3.05, 3.63) is 24.0 Å². The molecular weight excluding hydrogens is 302 g/mol. The minimum absolute atomic E-state index is 0.339. The van der Waals surface area contributed by atoms with Crippen LogP contribution in [-0.4, -0.2) is 45.3 Å². The topological polar surface area (TPSA) is 66.8 Å². The normalized spacial score (nSPS) is 11.6. The summed E-state index contributed by atoms with van der Waals surface area (Å²) in [6, 6.07) is 4.08. The molecule has 6 nitrogen and oxygen atoms in total. The maximum Gasteiger partial charge on any atom is 0.500 e. The maximum atomic E-state index is 11.5. The van der Waals surface area contributed by atoms with Crippen molar-refractivity contribution < 1.29 is 22.9 Å². The highest BCUT2D eigenvalue weighted by Gasteiger charge is 2.39. The van der Waals surface area contributed by atoms with Gasteiger partial charge in [0.25, 0.3) is 0 Å². The summed E-state index contributed by atoms with van der Waals surface area (Å²) in [6.45, 7) is 8.02. The van der Waals surface area contributed by atoms with Crippen LogP contribution >= 0.6 is 0 Å². The van der Waals surface area contributed by atoms with E-state index in [2.05, 4.69) is 0 Å². The Morgan fingerprint density at radius 3 is 2.27 bits per heavy atom. The average Bonchev–Trinajstić information content (AvgIpc) is 2.96. The molecule has 0 aromatic carbocycles. The molecule has 0 aliphatic carbocycles. The number of nitrogens with zero attached hydrogens (tertiary/aromatic N) is 1. The number of hydrogen-bond donors (Lipinski definition) is 0. The number of aldehydes is 1. The van der Waals surface area contributed by atoms with Gasteiger partial charge in [0.1, 0.15) is 0 Å². The summed E-state index contributed by atoms with van der Waals surface area (Å²) in [5, 5.41) is 0. The molecule has 22 heavy (non-hydrogen) atoms. The predicted octanol–water partition coefficient (Wildman–Crippen LogP) is 2.31. The Morgan fingerprint density at radius 1 is 1.18 bits per heavy atom. The molecule has 0 amide bonds. The number of rotatable bonds is 12. The Kier molecular flexibility index (Phi) is 8.25. The van der Waals surface area contributed by atoms with E-state index < -0.39 is 14.6 Å². The van der Waals surface area contributed by atoms with Gasteiger partial charge in [0, 0.05) is 38.6 Å². The quantitative estimate of drug-likeness (QED) is 0.255. The van der Waals surface area contributed by atoms with Crippen LogP contribution in [0.15, 0.2) is 18.3 Å². The standard InChI is InChI=1S/C15H25NO5Si/c1-4-19-22(20-5-2,21-6-3)12-8-11-16-10-7-9-14(16)15(18)13-17/h7,9-10,13H,4-6,8,11-12H2,1-3H3. The second-order valence-corrected chi connectivity index (χ2v) is 7.39. The van der Waals surface area contributed by atoms with E-state index in [4.69, 9.17) is 13.3 Å². The molecule has 1 aromatic rings. The van der Waals surface area contributed by atoms with E-state index in [1.165, 1.54) is 0 Å². The summed E-state index contributed by atoms with van der Waals surface area (Å²) >= 11 is 0. The van der Waals surface area contributed by atoms with E-state index in [-0.39, 0.29) is 0 Å². The Morgan fingerprint density at radius 2 is 1.77 bits per heavy atom. The molecule has 0 radical (unpaired) electrons. The fourth-order valence-corrected chi connectivity index (χ4v) is 4.95. The third-order valence-electron chi connectivity index (χ3n) is 3.16. The highest BCUT2D eigenvalue weighted by atomic mass is 28.4. The van der Waals surface area contributed by atoms with Crippen LogP contribution in [-0.2, 0) is 24.6 Å². The van der Waals surface area contributed by atoms with E-state index in [1.54, 1.807) is 22.9 Å². The van der Waals surface area contributed by atoms with Crippen molar-refractivity contribution in [3.8, 4) is 0 Å². The van der Waals surface area contributed by atoms with Crippen LogP contribution in [0.5, 0.6) is 0 Å². The van der Waals surface area contributed by atoms with Gasteiger partial charge in [-0.05, 0) is 39.3 Å². The van der Waals surface area contributed by atoms with Crippen molar-refractivity contribution in [1.29, 1.82) is 0 Å². The number of Topliss-reactive ketones (excluding diaryl/α,β-unsaturated/α-hetero) is 1. The smallest absolute Gasteiger partial charge is 0.374 e. The van der Waals surface area contributed by atoms with Gasteiger partial charge >= 0.3 is 8.80 Å². The van der Waals surface area contributed by atoms with Crippen molar-refractivity contribution >= 4 is 20.9 Å². The highest BCUT2D eigenvalue weighted by molar-refractivity contribution is 6.60. The van der Waals surface area contributed by atoms with Crippen LogP contribution in [0.4, 0.5) is 0 Å². The Hall–Kier alpha value is -1.28. The zero-order chi connectivity index (χ0) is 16.4. The lowest BCUT2D eigenvalue weighted by molar-refractivity contribution is -0.104. The van der Waals surface area contributed by atoms with Gasteiger partial charge in [-0.3, -0.25) is 9.59 Å². The van der Waals surface area contributed by atoms with E-state index >= 15 is 0 Å². The molecule has 0 aliphatic rings. The van der Waals surface area contributed by atoms with Gasteiger partial charge in [0.05, 0.1) is 5.69 Å². The average molecular weight is 327 g/mol. The van der Waals surface area contributed by atoms with Crippen molar-refractivity contribution in [2.75, 3.05) is 19.8 Å². The summed E-state index contributed by atoms with van der Waals surface area (Å²) in [5.74, 6) is -0.507. The molecule has 0 aliphatic heterocycles. The number of carbonyl (C=O) groups excluding carboxylic acids is 2. The molecule has 0 saturated carbocycles. The fraction of sp³-hybridized carbons (Fsp3) is 0.600. The minimum atomic E-state index is -2.65. The maximum absolute atomic E-state index is 11.5. The van der Waals surface area contributed by atoms with Crippen molar-refractivity contribution in [3.63, 3.8) is 0 Å². The molecule has 0 unspecified atom stereocenters. The van der Waals surface area contributed by atoms with E-state index in [0.717, 1.165) is 6.42 Å². The Bertz CT molecular complexity index is 457. The van der Waals surface area contributed by atoms with Gasteiger partial charge in [0.15, 0.2) is 6.29 Å². The largest absolute Gasteiger partial charge is 0.500 e. The lowest BCUT2D eigenvalue weighted by atomic mass is 10.3. The van der Waals surface area contributed by atoms with Gasteiger partial charge < -0.3 is 17.8 Å². The third kappa shape index (κ3) is 5.17. The van der Waals surface area contributed by atoms with Crippen LogP contribution in [0.25, 0.3) is 0 Å². The lowest BCUT2D eigenvalue weighted by Gasteiger charge is -2.28. The Balaban J connectivity index is 2.67. The number of aryl methyl sites for hydroxylation is 1. The molecule has 124 valence electrons. The first-order chi connectivity index (χ1) is 10.6. The Labute approximate surface area is 132 Å². The first kappa shape index (κ1) is 18.8. The molecule has 0 saturated heterocycles. The molecule has 0 N–H and O–H groups in total. The molecule has 1 aromatic heterocycles. The SMILES string of the molecule is CCO[Si](CCCn1cccc1C(=O)C=O)(OCC)OCC. The van der Waals surface area contributed by atoms with Crippen LogP contribution in [0.1, 0.15) is 37.7 Å². The second kappa shape index (κ2) is 9.68. The molecule has 0 bridgehead atoms. The minimum Gasteiger partial charge on any atom is -0.374 e. The van der Waals surface area contributed by atoms with Crippen LogP contribution in [0.3, 0.4) is 0 Å². The number of carbonyl (C=O) groups is 2. The summed E-state index contributed by atoms with van der Waals surface area (Å²) in [7, 11) is -2.65. The lowest BCUT2D eigenvalue weighted by Crippen LogP contribution is -2.46. The van der Waals surface area contributed by atoms with Crippen molar-refractivity contribution in [1.82, 2.24) is 4.57 Å². The number of aromatic nitrogens is 1. The first-order valence-corrected chi connectivity index (χ1v) is 9.62. The number of ketones is 1. The molecular formula is C15H25NO5Si. The summed E-state index contributed by atoms with van der Waals surface area (Å²) in [4.78, 5) is 22.1. The van der Waals surface area contributed by atoms with Gasteiger partial charge in [-0.15, -0.1) is 0 Å². The summed E-state index contributed by atoms with van der Waals surface area (Å²) < 4.78 is 19.1.